The monoisotopic (exact) mass is 243 g/mol. The van der Waals surface area contributed by atoms with Gasteiger partial charge in [0.1, 0.15) is 11.9 Å². The third kappa shape index (κ3) is 2.29. The summed E-state index contributed by atoms with van der Waals surface area (Å²) in [5, 5.41) is 9.11. The molecule has 0 spiro atoms. The first-order valence-corrected chi connectivity index (χ1v) is 6.45. The summed E-state index contributed by atoms with van der Waals surface area (Å²) < 4.78 is 6.06. The lowest BCUT2D eigenvalue weighted by atomic mass is 9.93. The predicted octanol–water partition coefficient (Wildman–Crippen LogP) is 2.28. The number of benzene rings is 1. The molecule has 0 bridgehead atoms. The smallest absolute Gasteiger partial charge is 0.149 e. The molecular formula is C14H17N3O. The molecule has 1 aliphatic carbocycles. The molecule has 2 atom stereocenters. The maximum absolute atomic E-state index is 6.06. The average molecular weight is 243 g/mol. The van der Waals surface area contributed by atoms with Crippen molar-refractivity contribution in [1.29, 1.82) is 0 Å². The molecule has 2 N–H and O–H groups in total. The van der Waals surface area contributed by atoms with Crippen LogP contribution in [0.5, 0.6) is 5.75 Å². The van der Waals surface area contributed by atoms with Crippen LogP contribution in [0.3, 0.4) is 0 Å². The fraction of sp³-hybridized carbons (Fsp3) is 0.429. The Bertz CT molecular complexity index is 538. The van der Waals surface area contributed by atoms with E-state index in [2.05, 4.69) is 10.2 Å². The van der Waals surface area contributed by atoms with Crippen molar-refractivity contribution < 1.29 is 4.74 Å². The van der Waals surface area contributed by atoms with Gasteiger partial charge in [-0.3, -0.25) is 0 Å². The van der Waals surface area contributed by atoms with Crippen molar-refractivity contribution in [3.05, 3.63) is 30.5 Å². The first kappa shape index (κ1) is 11.4. The van der Waals surface area contributed by atoms with Gasteiger partial charge in [0.15, 0.2) is 0 Å². The van der Waals surface area contributed by atoms with Gasteiger partial charge < -0.3 is 10.5 Å². The van der Waals surface area contributed by atoms with E-state index in [0.717, 1.165) is 42.3 Å². The minimum absolute atomic E-state index is 0.210. The molecule has 1 saturated carbocycles. The number of rotatable bonds is 2. The number of hydrogen-bond donors (Lipinski definition) is 1. The highest BCUT2D eigenvalue weighted by Crippen LogP contribution is 2.27. The maximum Gasteiger partial charge on any atom is 0.149 e. The Morgan fingerprint density at radius 2 is 2.11 bits per heavy atom. The molecule has 1 fully saturated rings. The standard InChI is InChI=1S/C14H17N3O/c15-10-4-3-5-11(8-10)18-14-9-16-17-13-7-2-1-6-12(13)14/h1-2,6-7,9-11H,3-5,8,15H2. The Kier molecular flexibility index (Phi) is 3.11. The molecule has 4 heteroatoms. The van der Waals surface area contributed by atoms with E-state index in [-0.39, 0.29) is 12.1 Å². The Balaban J connectivity index is 1.86. The molecule has 4 nitrogen and oxygen atoms in total. The van der Waals surface area contributed by atoms with Crippen molar-refractivity contribution in [1.82, 2.24) is 10.2 Å². The van der Waals surface area contributed by atoms with Crippen LogP contribution >= 0.6 is 0 Å². The van der Waals surface area contributed by atoms with Gasteiger partial charge in [0.25, 0.3) is 0 Å². The van der Waals surface area contributed by atoms with Gasteiger partial charge in [-0.2, -0.15) is 10.2 Å². The Morgan fingerprint density at radius 1 is 1.22 bits per heavy atom. The van der Waals surface area contributed by atoms with Crippen LogP contribution in [0.2, 0.25) is 0 Å². The predicted molar refractivity (Wildman–Crippen MR) is 70.4 cm³/mol. The lowest BCUT2D eigenvalue weighted by Gasteiger charge is -2.27. The molecule has 3 rings (SSSR count). The largest absolute Gasteiger partial charge is 0.488 e. The zero-order valence-electron chi connectivity index (χ0n) is 10.2. The van der Waals surface area contributed by atoms with Crippen molar-refractivity contribution in [3.8, 4) is 5.75 Å². The van der Waals surface area contributed by atoms with Gasteiger partial charge in [0, 0.05) is 11.4 Å². The fourth-order valence-corrected chi connectivity index (χ4v) is 2.54. The molecule has 1 aromatic carbocycles. The Labute approximate surface area is 106 Å². The van der Waals surface area contributed by atoms with Gasteiger partial charge in [-0.1, -0.05) is 12.1 Å². The fourth-order valence-electron chi connectivity index (χ4n) is 2.54. The lowest BCUT2D eigenvalue weighted by Crippen LogP contribution is -2.33. The molecule has 18 heavy (non-hydrogen) atoms. The minimum atomic E-state index is 0.210. The topological polar surface area (TPSA) is 61.0 Å². The van der Waals surface area contributed by atoms with Crippen LogP contribution < -0.4 is 10.5 Å². The molecule has 1 aliphatic rings. The van der Waals surface area contributed by atoms with Gasteiger partial charge in [-0.25, -0.2) is 0 Å². The van der Waals surface area contributed by atoms with Crippen LogP contribution in [0.15, 0.2) is 30.5 Å². The number of nitrogens with two attached hydrogens (primary N) is 1. The van der Waals surface area contributed by atoms with Crippen molar-refractivity contribution in [3.63, 3.8) is 0 Å². The average Bonchev–Trinajstić information content (AvgIpc) is 2.39. The Hall–Kier alpha value is -1.68. The molecular weight excluding hydrogens is 226 g/mol. The van der Waals surface area contributed by atoms with Crippen LogP contribution in [0, 0.1) is 0 Å². The molecule has 1 heterocycles. The highest BCUT2D eigenvalue weighted by atomic mass is 16.5. The summed E-state index contributed by atoms with van der Waals surface area (Å²) in [7, 11) is 0. The highest BCUT2D eigenvalue weighted by molar-refractivity contribution is 5.83. The molecule has 0 saturated heterocycles. The van der Waals surface area contributed by atoms with E-state index < -0.39 is 0 Å². The van der Waals surface area contributed by atoms with Crippen LogP contribution in [0.4, 0.5) is 0 Å². The van der Waals surface area contributed by atoms with E-state index in [1.54, 1.807) is 6.20 Å². The number of ether oxygens (including phenoxy) is 1. The number of nitrogens with zero attached hydrogens (tertiary/aromatic N) is 2. The molecule has 2 aromatic rings. The van der Waals surface area contributed by atoms with Gasteiger partial charge in [-0.05, 0) is 37.8 Å². The van der Waals surface area contributed by atoms with Crippen molar-refractivity contribution >= 4 is 10.9 Å². The second-order valence-corrected chi connectivity index (χ2v) is 4.89. The lowest BCUT2D eigenvalue weighted by molar-refractivity contribution is 0.146. The first-order chi connectivity index (χ1) is 8.83. The molecule has 0 radical (unpaired) electrons. The number of hydrogen-bond acceptors (Lipinski definition) is 4. The molecule has 0 aliphatic heterocycles. The quantitative estimate of drug-likeness (QED) is 0.879. The van der Waals surface area contributed by atoms with Crippen LogP contribution in [0.25, 0.3) is 10.9 Å². The summed E-state index contributed by atoms with van der Waals surface area (Å²) in [5.41, 5.74) is 6.85. The van der Waals surface area contributed by atoms with Gasteiger partial charge in [0.05, 0.1) is 11.7 Å². The molecule has 2 unspecified atom stereocenters. The number of aromatic nitrogens is 2. The first-order valence-electron chi connectivity index (χ1n) is 6.45. The second-order valence-electron chi connectivity index (χ2n) is 4.89. The van der Waals surface area contributed by atoms with Gasteiger partial charge in [-0.15, -0.1) is 0 Å². The zero-order chi connectivity index (χ0) is 12.4. The van der Waals surface area contributed by atoms with Crippen molar-refractivity contribution in [2.45, 2.75) is 37.8 Å². The zero-order valence-corrected chi connectivity index (χ0v) is 10.2. The van der Waals surface area contributed by atoms with E-state index >= 15 is 0 Å². The second kappa shape index (κ2) is 4.90. The molecule has 1 aromatic heterocycles. The summed E-state index contributed by atoms with van der Waals surface area (Å²) in [4.78, 5) is 0. The number of fused-ring (bicyclic) bond motifs is 1. The summed E-state index contributed by atoms with van der Waals surface area (Å²) in [6.07, 6.45) is 6.15. The SMILES string of the molecule is NC1CCCC(Oc2cnnc3ccccc23)C1. The molecule has 0 amide bonds. The van der Waals surface area contributed by atoms with E-state index in [9.17, 15) is 0 Å². The summed E-state index contributed by atoms with van der Waals surface area (Å²) in [6.45, 7) is 0. The Morgan fingerprint density at radius 3 is 3.00 bits per heavy atom. The van der Waals surface area contributed by atoms with Crippen LogP contribution in [0.1, 0.15) is 25.7 Å². The van der Waals surface area contributed by atoms with Crippen molar-refractivity contribution in [2.75, 3.05) is 0 Å². The molecule has 94 valence electrons. The van der Waals surface area contributed by atoms with Gasteiger partial charge >= 0.3 is 0 Å². The van der Waals surface area contributed by atoms with E-state index in [1.165, 1.54) is 0 Å². The maximum atomic E-state index is 6.06. The third-order valence-corrected chi connectivity index (χ3v) is 3.47. The minimum Gasteiger partial charge on any atom is -0.488 e. The van der Waals surface area contributed by atoms with E-state index in [0.29, 0.717) is 0 Å². The summed E-state index contributed by atoms with van der Waals surface area (Å²) in [6, 6.07) is 8.18. The third-order valence-electron chi connectivity index (χ3n) is 3.47. The van der Waals surface area contributed by atoms with Gasteiger partial charge in [0.2, 0.25) is 0 Å². The normalized spacial score (nSPS) is 24.1. The highest BCUT2D eigenvalue weighted by Gasteiger charge is 2.21. The van der Waals surface area contributed by atoms with E-state index in [1.807, 2.05) is 24.3 Å². The summed E-state index contributed by atoms with van der Waals surface area (Å²) >= 11 is 0. The summed E-state index contributed by atoms with van der Waals surface area (Å²) in [5.74, 6) is 0.819. The van der Waals surface area contributed by atoms with E-state index in [4.69, 9.17) is 10.5 Å². The van der Waals surface area contributed by atoms with Crippen molar-refractivity contribution in [2.24, 2.45) is 5.73 Å². The van der Waals surface area contributed by atoms with Crippen LogP contribution in [-0.4, -0.2) is 22.3 Å². The van der Waals surface area contributed by atoms with Crippen LogP contribution in [-0.2, 0) is 0 Å².